The molecule has 0 bridgehead atoms. The normalized spacial score (nSPS) is 18.3. The van der Waals surface area contributed by atoms with Crippen LogP contribution in [-0.4, -0.2) is 25.7 Å². The molecule has 0 amide bonds. The van der Waals surface area contributed by atoms with Crippen LogP contribution in [0.25, 0.3) is 0 Å². The van der Waals surface area contributed by atoms with E-state index in [4.69, 9.17) is 5.26 Å². The molecule has 0 radical (unpaired) electrons. The van der Waals surface area contributed by atoms with Crippen LogP contribution in [0.2, 0.25) is 0 Å². The highest BCUT2D eigenvalue weighted by Crippen LogP contribution is 2.28. The lowest BCUT2D eigenvalue weighted by Gasteiger charge is -2.28. The van der Waals surface area contributed by atoms with Crippen molar-refractivity contribution >= 4 is 21.6 Å². The topological polar surface area (TPSA) is 39.1 Å². The van der Waals surface area contributed by atoms with Crippen LogP contribution in [0.5, 0.6) is 0 Å². The number of hydrogen-bond acceptors (Lipinski definition) is 3. The van der Waals surface area contributed by atoms with Gasteiger partial charge in [0, 0.05) is 23.6 Å². The standard InChI is InChI=1S/C15H20BrN3/c1-2-8-19(11-13-4-3-7-18-13)15-6-5-12(10-17)9-14(15)16/h5-6,9,13,18H,2-4,7-8,11H2,1H3. The number of anilines is 1. The maximum atomic E-state index is 8.93. The molecule has 0 aromatic heterocycles. The maximum absolute atomic E-state index is 8.93. The molecule has 1 aliphatic rings. The Morgan fingerprint density at radius 2 is 2.37 bits per heavy atom. The van der Waals surface area contributed by atoms with Gasteiger partial charge in [0.25, 0.3) is 0 Å². The Labute approximate surface area is 123 Å². The first-order chi connectivity index (χ1) is 9.24. The van der Waals surface area contributed by atoms with Crippen LogP contribution < -0.4 is 10.2 Å². The van der Waals surface area contributed by atoms with Gasteiger partial charge in [0.15, 0.2) is 0 Å². The largest absolute Gasteiger partial charge is 0.369 e. The summed E-state index contributed by atoms with van der Waals surface area (Å²) >= 11 is 3.59. The molecule has 102 valence electrons. The molecule has 19 heavy (non-hydrogen) atoms. The molecule has 0 spiro atoms. The van der Waals surface area contributed by atoms with Crippen molar-refractivity contribution in [3.8, 4) is 6.07 Å². The fourth-order valence-electron chi connectivity index (χ4n) is 2.59. The van der Waals surface area contributed by atoms with E-state index in [2.05, 4.69) is 39.1 Å². The number of halogens is 1. The van der Waals surface area contributed by atoms with E-state index in [1.165, 1.54) is 18.5 Å². The third-order valence-corrected chi connectivity index (χ3v) is 4.15. The van der Waals surface area contributed by atoms with E-state index in [0.29, 0.717) is 11.6 Å². The van der Waals surface area contributed by atoms with Crippen LogP contribution in [0, 0.1) is 11.3 Å². The molecule has 1 unspecified atom stereocenters. The fourth-order valence-corrected chi connectivity index (χ4v) is 3.22. The summed E-state index contributed by atoms with van der Waals surface area (Å²) in [5.41, 5.74) is 1.89. The second-order valence-corrected chi connectivity index (χ2v) is 5.87. The Morgan fingerprint density at radius 3 is 2.95 bits per heavy atom. The summed E-state index contributed by atoms with van der Waals surface area (Å²) in [5, 5.41) is 12.5. The number of nitrogens with one attached hydrogen (secondary N) is 1. The van der Waals surface area contributed by atoms with Crippen LogP contribution in [0.15, 0.2) is 22.7 Å². The third kappa shape index (κ3) is 3.71. The predicted octanol–water partition coefficient (Wildman–Crippen LogP) is 3.29. The first-order valence-electron chi connectivity index (χ1n) is 6.92. The molecule has 3 nitrogen and oxygen atoms in total. The number of hydrogen-bond donors (Lipinski definition) is 1. The second-order valence-electron chi connectivity index (χ2n) is 5.02. The van der Waals surface area contributed by atoms with E-state index in [1.54, 1.807) is 0 Å². The van der Waals surface area contributed by atoms with E-state index in [-0.39, 0.29) is 0 Å². The lowest BCUT2D eigenvalue weighted by Crippen LogP contribution is -2.38. The summed E-state index contributed by atoms with van der Waals surface area (Å²) < 4.78 is 1.01. The molecule has 1 heterocycles. The van der Waals surface area contributed by atoms with Gasteiger partial charge in [-0.05, 0) is 59.9 Å². The number of rotatable bonds is 5. The minimum atomic E-state index is 0.592. The van der Waals surface area contributed by atoms with Crippen molar-refractivity contribution in [2.24, 2.45) is 0 Å². The quantitative estimate of drug-likeness (QED) is 0.904. The Bertz CT molecular complexity index is 461. The zero-order valence-corrected chi connectivity index (χ0v) is 12.9. The highest BCUT2D eigenvalue weighted by atomic mass is 79.9. The molecular formula is C15H20BrN3. The van der Waals surface area contributed by atoms with Crippen molar-refractivity contribution in [2.75, 3.05) is 24.5 Å². The van der Waals surface area contributed by atoms with Gasteiger partial charge in [0.05, 0.1) is 17.3 Å². The van der Waals surface area contributed by atoms with Crippen molar-refractivity contribution in [2.45, 2.75) is 32.2 Å². The Kier molecular flexibility index (Phi) is 5.24. The Hall–Kier alpha value is -1.05. The summed E-state index contributed by atoms with van der Waals surface area (Å²) in [4.78, 5) is 2.41. The van der Waals surface area contributed by atoms with Crippen LogP contribution in [0.3, 0.4) is 0 Å². The third-order valence-electron chi connectivity index (χ3n) is 3.51. The van der Waals surface area contributed by atoms with Crippen LogP contribution >= 0.6 is 15.9 Å². The Morgan fingerprint density at radius 1 is 1.53 bits per heavy atom. The molecule has 1 aromatic rings. The first-order valence-corrected chi connectivity index (χ1v) is 7.72. The van der Waals surface area contributed by atoms with E-state index >= 15 is 0 Å². The fraction of sp³-hybridized carbons (Fsp3) is 0.533. The van der Waals surface area contributed by atoms with Crippen LogP contribution in [0.4, 0.5) is 5.69 Å². The minimum Gasteiger partial charge on any atom is -0.369 e. The van der Waals surface area contributed by atoms with Gasteiger partial charge in [-0.3, -0.25) is 0 Å². The summed E-state index contributed by atoms with van der Waals surface area (Å²) in [5.74, 6) is 0. The van der Waals surface area contributed by atoms with Gasteiger partial charge in [0.2, 0.25) is 0 Å². The molecular weight excluding hydrogens is 302 g/mol. The summed E-state index contributed by atoms with van der Waals surface area (Å²) in [6.45, 7) is 5.42. The molecule has 1 aliphatic heterocycles. The van der Waals surface area contributed by atoms with Crippen LogP contribution in [-0.2, 0) is 0 Å². The van der Waals surface area contributed by atoms with Gasteiger partial charge in [-0.25, -0.2) is 0 Å². The van der Waals surface area contributed by atoms with Crippen molar-refractivity contribution in [1.82, 2.24) is 5.32 Å². The van der Waals surface area contributed by atoms with Crippen molar-refractivity contribution in [3.05, 3.63) is 28.2 Å². The molecule has 0 saturated carbocycles. The molecule has 1 N–H and O–H groups in total. The smallest absolute Gasteiger partial charge is 0.0992 e. The zero-order chi connectivity index (χ0) is 13.7. The minimum absolute atomic E-state index is 0.592. The molecule has 0 aliphatic carbocycles. The highest BCUT2D eigenvalue weighted by molar-refractivity contribution is 9.10. The maximum Gasteiger partial charge on any atom is 0.0992 e. The molecule has 4 heteroatoms. The average molecular weight is 322 g/mol. The van der Waals surface area contributed by atoms with Gasteiger partial charge in [0.1, 0.15) is 0 Å². The van der Waals surface area contributed by atoms with Crippen molar-refractivity contribution in [3.63, 3.8) is 0 Å². The lowest BCUT2D eigenvalue weighted by molar-refractivity contribution is 0.578. The molecule has 1 aromatic carbocycles. The monoisotopic (exact) mass is 321 g/mol. The zero-order valence-electron chi connectivity index (χ0n) is 11.3. The van der Waals surface area contributed by atoms with Gasteiger partial charge < -0.3 is 10.2 Å². The molecule has 1 saturated heterocycles. The second kappa shape index (κ2) is 6.93. The molecule has 2 rings (SSSR count). The summed E-state index contributed by atoms with van der Waals surface area (Å²) in [6.07, 6.45) is 3.66. The van der Waals surface area contributed by atoms with E-state index < -0.39 is 0 Å². The summed E-state index contributed by atoms with van der Waals surface area (Å²) in [7, 11) is 0. The van der Waals surface area contributed by atoms with E-state index in [1.807, 2.05) is 18.2 Å². The van der Waals surface area contributed by atoms with Gasteiger partial charge >= 0.3 is 0 Å². The van der Waals surface area contributed by atoms with E-state index in [9.17, 15) is 0 Å². The van der Waals surface area contributed by atoms with Crippen LogP contribution in [0.1, 0.15) is 31.7 Å². The van der Waals surface area contributed by atoms with Gasteiger partial charge in [-0.15, -0.1) is 0 Å². The number of nitriles is 1. The number of benzene rings is 1. The molecule has 1 fully saturated rings. The van der Waals surface area contributed by atoms with Crippen molar-refractivity contribution in [1.29, 1.82) is 5.26 Å². The molecule has 1 atom stereocenters. The predicted molar refractivity (Wildman–Crippen MR) is 82.4 cm³/mol. The average Bonchev–Trinajstić information content (AvgIpc) is 2.91. The SMILES string of the molecule is CCCN(CC1CCCN1)c1ccc(C#N)cc1Br. The van der Waals surface area contributed by atoms with Gasteiger partial charge in [-0.2, -0.15) is 5.26 Å². The van der Waals surface area contributed by atoms with E-state index in [0.717, 1.165) is 30.5 Å². The number of nitrogens with zero attached hydrogens (tertiary/aromatic N) is 2. The Balaban J connectivity index is 2.15. The lowest BCUT2D eigenvalue weighted by atomic mass is 10.1. The highest BCUT2D eigenvalue weighted by Gasteiger charge is 2.19. The van der Waals surface area contributed by atoms with Gasteiger partial charge in [-0.1, -0.05) is 6.92 Å². The van der Waals surface area contributed by atoms with Crippen molar-refractivity contribution < 1.29 is 0 Å². The summed E-state index contributed by atoms with van der Waals surface area (Å²) in [6, 6.07) is 8.62. The first kappa shape index (κ1) is 14.4.